The molecular formula is C28H30N4O5. The highest BCUT2D eigenvalue weighted by Crippen LogP contribution is 2.16. The Balaban J connectivity index is 1.38. The summed E-state index contributed by atoms with van der Waals surface area (Å²) in [6, 6.07) is 21.6. The third-order valence-electron chi connectivity index (χ3n) is 5.31. The Kier molecular flexibility index (Phi) is 9.78. The Hall–Kier alpha value is -4.66. The molecule has 0 aliphatic rings. The standard InChI is InChI=1S/C28H30N4O5/c1-19(2)22-8-4-20(5-9-22)16-29-27(34)28(35)32-30-17-21-6-12-25(13-7-21)37-18-26(33)31-23-10-14-24(36-3)15-11-23/h4-15,17,19H,16,18H2,1-3H3,(H,29,34)(H,31,33)(H,32,35)/b30-17-. The van der Waals surface area contributed by atoms with Crippen molar-refractivity contribution in [1.29, 1.82) is 0 Å². The van der Waals surface area contributed by atoms with Gasteiger partial charge in [0.1, 0.15) is 11.5 Å². The summed E-state index contributed by atoms with van der Waals surface area (Å²) in [6.07, 6.45) is 1.40. The fourth-order valence-corrected chi connectivity index (χ4v) is 3.17. The zero-order valence-electron chi connectivity index (χ0n) is 21.0. The Labute approximate surface area is 215 Å². The van der Waals surface area contributed by atoms with Crippen LogP contribution in [0.2, 0.25) is 0 Å². The van der Waals surface area contributed by atoms with Gasteiger partial charge in [-0.2, -0.15) is 5.10 Å². The molecule has 37 heavy (non-hydrogen) atoms. The lowest BCUT2D eigenvalue weighted by Gasteiger charge is -2.08. The van der Waals surface area contributed by atoms with Crippen LogP contribution in [0, 0.1) is 0 Å². The number of carbonyl (C=O) groups is 3. The number of rotatable bonds is 10. The van der Waals surface area contributed by atoms with Crippen LogP contribution in [0.5, 0.6) is 11.5 Å². The molecule has 0 saturated heterocycles. The molecule has 0 bridgehead atoms. The first-order valence-electron chi connectivity index (χ1n) is 11.7. The van der Waals surface area contributed by atoms with Gasteiger partial charge in [0.25, 0.3) is 5.91 Å². The Bertz CT molecular complexity index is 1220. The Morgan fingerprint density at radius 3 is 2.14 bits per heavy atom. The number of benzene rings is 3. The van der Waals surface area contributed by atoms with Gasteiger partial charge in [0.05, 0.1) is 13.3 Å². The van der Waals surface area contributed by atoms with E-state index in [1.165, 1.54) is 11.8 Å². The summed E-state index contributed by atoms with van der Waals surface area (Å²) in [6.45, 7) is 4.30. The van der Waals surface area contributed by atoms with Gasteiger partial charge in [-0.05, 0) is 71.1 Å². The summed E-state index contributed by atoms with van der Waals surface area (Å²) in [7, 11) is 1.57. The third-order valence-corrected chi connectivity index (χ3v) is 5.31. The van der Waals surface area contributed by atoms with Crippen molar-refractivity contribution < 1.29 is 23.9 Å². The molecule has 0 atom stereocenters. The van der Waals surface area contributed by atoms with Crippen LogP contribution in [0.3, 0.4) is 0 Å². The lowest BCUT2D eigenvalue weighted by molar-refractivity contribution is -0.139. The quantitative estimate of drug-likeness (QED) is 0.222. The van der Waals surface area contributed by atoms with Crippen molar-refractivity contribution in [1.82, 2.24) is 10.7 Å². The molecule has 192 valence electrons. The number of nitrogens with one attached hydrogen (secondary N) is 3. The number of amides is 3. The molecule has 3 amide bonds. The average molecular weight is 503 g/mol. The molecular weight excluding hydrogens is 472 g/mol. The number of anilines is 1. The molecule has 0 aliphatic heterocycles. The van der Waals surface area contributed by atoms with E-state index in [4.69, 9.17) is 9.47 Å². The second-order valence-electron chi connectivity index (χ2n) is 8.41. The first kappa shape index (κ1) is 26.9. The molecule has 0 radical (unpaired) electrons. The van der Waals surface area contributed by atoms with E-state index >= 15 is 0 Å². The van der Waals surface area contributed by atoms with Gasteiger partial charge < -0.3 is 20.1 Å². The van der Waals surface area contributed by atoms with Crippen molar-refractivity contribution in [2.24, 2.45) is 5.10 Å². The minimum atomic E-state index is -0.863. The molecule has 0 heterocycles. The summed E-state index contributed by atoms with van der Waals surface area (Å²) >= 11 is 0. The van der Waals surface area contributed by atoms with Crippen molar-refractivity contribution >= 4 is 29.6 Å². The van der Waals surface area contributed by atoms with Crippen molar-refractivity contribution in [3.63, 3.8) is 0 Å². The highest BCUT2D eigenvalue weighted by molar-refractivity contribution is 6.35. The highest BCUT2D eigenvalue weighted by Gasteiger charge is 2.12. The fourth-order valence-electron chi connectivity index (χ4n) is 3.17. The van der Waals surface area contributed by atoms with Crippen molar-refractivity contribution in [3.8, 4) is 11.5 Å². The van der Waals surface area contributed by atoms with Crippen LogP contribution < -0.4 is 25.5 Å². The van der Waals surface area contributed by atoms with E-state index in [1.807, 2.05) is 24.3 Å². The van der Waals surface area contributed by atoms with Gasteiger partial charge in [0, 0.05) is 12.2 Å². The van der Waals surface area contributed by atoms with Gasteiger partial charge in [-0.3, -0.25) is 14.4 Å². The normalized spacial score (nSPS) is 10.7. The summed E-state index contributed by atoms with van der Waals surface area (Å²) in [4.78, 5) is 36.0. The van der Waals surface area contributed by atoms with E-state index < -0.39 is 11.8 Å². The summed E-state index contributed by atoms with van der Waals surface area (Å²) in [5.41, 5.74) is 5.61. The summed E-state index contributed by atoms with van der Waals surface area (Å²) in [5.74, 6) is -0.326. The average Bonchev–Trinajstić information content (AvgIpc) is 2.91. The Morgan fingerprint density at radius 2 is 1.51 bits per heavy atom. The van der Waals surface area contributed by atoms with Gasteiger partial charge in [-0.25, -0.2) is 5.43 Å². The maximum atomic E-state index is 12.1. The molecule has 0 spiro atoms. The smallest absolute Gasteiger partial charge is 0.329 e. The molecule has 3 N–H and O–H groups in total. The SMILES string of the molecule is COc1ccc(NC(=O)COc2ccc(/C=N\NC(=O)C(=O)NCc3ccc(C(C)C)cc3)cc2)cc1. The molecule has 9 nitrogen and oxygen atoms in total. The number of hydrogen-bond acceptors (Lipinski definition) is 6. The molecule has 0 fully saturated rings. The second kappa shape index (κ2) is 13.4. The van der Waals surface area contributed by atoms with E-state index in [2.05, 4.69) is 35.0 Å². The molecule has 9 heteroatoms. The van der Waals surface area contributed by atoms with Gasteiger partial charge in [0.15, 0.2) is 6.61 Å². The second-order valence-corrected chi connectivity index (χ2v) is 8.41. The van der Waals surface area contributed by atoms with Crippen molar-refractivity contribution in [2.45, 2.75) is 26.3 Å². The van der Waals surface area contributed by atoms with E-state index in [0.717, 1.165) is 5.56 Å². The van der Waals surface area contributed by atoms with E-state index in [9.17, 15) is 14.4 Å². The lowest BCUT2D eigenvalue weighted by Crippen LogP contribution is -2.37. The third kappa shape index (κ3) is 8.81. The number of carbonyl (C=O) groups excluding carboxylic acids is 3. The predicted octanol–water partition coefficient (Wildman–Crippen LogP) is 3.60. The number of ether oxygens (including phenoxy) is 2. The van der Waals surface area contributed by atoms with Crippen LogP contribution in [-0.4, -0.2) is 37.7 Å². The first-order valence-corrected chi connectivity index (χ1v) is 11.7. The van der Waals surface area contributed by atoms with Gasteiger partial charge in [-0.15, -0.1) is 0 Å². The zero-order valence-corrected chi connectivity index (χ0v) is 21.0. The number of hydrazone groups is 1. The highest BCUT2D eigenvalue weighted by atomic mass is 16.5. The molecule has 3 aromatic carbocycles. The molecule has 3 rings (SSSR count). The minimum absolute atomic E-state index is 0.160. The summed E-state index contributed by atoms with van der Waals surface area (Å²) in [5, 5.41) is 9.11. The van der Waals surface area contributed by atoms with Gasteiger partial charge in [-0.1, -0.05) is 38.1 Å². The largest absolute Gasteiger partial charge is 0.497 e. The van der Waals surface area contributed by atoms with Crippen LogP contribution >= 0.6 is 0 Å². The van der Waals surface area contributed by atoms with Crippen molar-refractivity contribution in [3.05, 3.63) is 89.5 Å². The van der Waals surface area contributed by atoms with Crippen LogP contribution in [-0.2, 0) is 20.9 Å². The number of nitrogens with zero attached hydrogens (tertiary/aromatic N) is 1. The minimum Gasteiger partial charge on any atom is -0.497 e. The van der Waals surface area contributed by atoms with Crippen LogP contribution in [0.15, 0.2) is 77.9 Å². The molecule has 3 aromatic rings. The molecule has 0 aliphatic carbocycles. The monoisotopic (exact) mass is 502 g/mol. The van der Waals surface area contributed by atoms with E-state index in [-0.39, 0.29) is 19.1 Å². The molecule has 0 saturated carbocycles. The zero-order chi connectivity index (χ0) is 26.6. The molecule has 0 unspecified atom stereocenters. The van der Waals surface area contributed by atoms with Gasteiger partial charge >= 0.3 is 11.8 Å². The Morgan fingerprint density at radius 1 is 0.865 bits per heavy atom. The summed E-state index contributed by atoms with van der Waals surface area (Å²) < 4.78 is 10.6. The number of hydrogen-bond donors (Lipinski definition) is 3. The maximum absolute atomic E-state index is 12.1. The van der Waals surface area contributed by atoms with Crippen molar-refractivity contribution in [2.75, 3.05) is 19.0 Å². The predicted molar refractivity (Wildman–Crippen MR) is 142 cm³/mol. The van der Waals surface area contributed by atoms with E-state index in [1.54, 1.807) is 55.6 Å². The van der Waals surface area contributed by atoms with Crippen LogP contribution in [0.1, 0.15) is 36.5 Å². The maximum Gasteiger partial charge on any atom is 0.329 e. The fraction of sp³-hybridized carbons (Fsp3) is 0.214. The first-order chi connectivity index (χ1) is 17.8. The van der Waals surface area contributed by atoms with Crippen LogP contribution in [0.25, 0.3) is 0 Å². The van der Waals surface area contributed by atoms with Gasteiger partial charge in [0.2, 0.25) is 0 Å². The molecule has 0 aromatic heterocycles. The topological polar surface area (TPSA) is 118 Å². The van der Waals surface area contributed by atoms with E-state index in [0.29, 0.717) is 28.7 Å². The van der Waals surface area contributed by atoms with Crippen LogP contribution in [0.4, 0.5) is 5.69 Å². The lowest BCUT2D eigenvalue weighted by atomic mass is 10.0. The number of methoxy groups -OCH3 is 1.